The van der Waals surface area contributed by atoms with Crippen LogP contribution >= 0.6 is 0 Å². The lowest BCUT2D eigenvalue weighted by molar-refractivity contribution is 0.0586. The molecule has 1 fully saturated rings. The van der Waals surface area contributed by atoms with Crippen molar-refractivity contribution in [3.05, 3.63) is 53.5 Å². The van der Waals surface area contributed by atoms with Gasteiger partial charge in [0.15, 0.2) is 5.69 Å². The molecule has 3 rings (SSSR count). The Kier molecular flexibility index (Phi) is 5.65. The van der Waals surface area contributed by atoms with Crippen LogP contribution in [0.1, 0.15) is 58.8 Å². The number of benzene rings is 1. The second-order valence-electron chi connectivity index (χ2n) is 6.32. The van der Waals surface area contributed by atoms with Crippen molar-refractivity contribution >= 4 is 11.9 Å². The first-order chi connectivity index (χ1) is 12.6. The third-order valence-electron chi connectivity index (χ3n) is 4.63. The molecule has 138 valence electrons. The number of carbonyl (C=O) groups excluding carboxylic acids is 2. The van der Waals surface area contributed by atoms with Crippen molar-refractivity contribution in [3.8, 4) is 0 Å². The van der Waals surface area contributed by atoms with E-state index in [0.717, 1.165) is 32.1 Å². The molecule has 1 aromatic carbocycles. The first-order valence-electron chi connectivity index (χ1n) is 8.68. The molecular weight excluding hydrogens is 339 g/mol. The van der Waals surface area contributed by atoms with E-state index in [2.05, 4.69) is 9.72 Å². The molecule has 1 amide bonds. The summed E-state index contributed by atoms with van der Waals surface area (Å²) in [6, 6.07) is 5.92. The highest BCUT2D eigenvalue weighted by atomic mass is 19.1. The number of methoxy groups -OCH3 is 1. The van der Waals surface area contributed by atoms with Crippen LogP contribution in [0.5, 0.6) is 0 Å². The van der Waals surface area contributed by atoms with Gasteiger partial charge in [-0.1, -0.05) is 31.4 Å². The summed E-state index contributed by atoms with van der Waals surface area (Å²) >= 11 is 0. The van der Waals surface area contributed by atoms with Gasteiger partial charge in [-0.15, -0.1) is 0 Å². The highest BCUT2D eigenvalue weighted by Gasteiger charge is 2.29. The van der Waals surface area contributed by atoms with Crippen LogP contribution in [0.25, 0.3) is 0 Å². The van der Waals surface area contributed by atoms with Crippen molar-refractivity contribution in [1.29, 1.82) is 0 Å². The van der Waals surface area contributed by atoms with E-state index < -0.39 is 17.7 Å². The second kappa shape index (κ2) is 8.12. The SMILES string of the molecule is COC(=O)c1coc(CN(C(=O)c2ccccc2F)C2CCCCC2)n1. The number of amides is 1. The molecule has 1 heterocycles. The molecule has 6 nitrogen and oxygen atoms in total. The van der Waals surface area contributed by atoms with Gasteiger partial charge in [0.25, 0.3) is 5.91 Å². The second-order valence-corrected chi connectivity index (χ2v) is 6.32. The Morgan fingerprint density at radius 2 is 2.00 bits per heavy atom. The zero-order valence-corrected chi connectivity index (χ0v) is 14.6. The van der Waals surface area contributed by atoms with Gasteiger partial charge >= 0.3 is 5.97 Å². The minimum atomic E-state index is -0.607. The number of hydrogen-bond acceptors (Lipinski definition) is 5. The Labute approximate surface area is 151 Å². The number of ether oxygens (including phenoxy) is 1. The third kappa shape index (κ3) is 3.92. The van der Waals surface area contributed by atoms with E-state index in [-0.39, 0.29) is 29.7 Å². The summed E-state index contributed by atoms with van der Waals surface area (Å²) in [6.45, 7) is 0.0782. The van der Waals surface area contributed by atoms with E-state index in [1.165, 1.54) is 25.5 Å². The fourth-order valence-corrected chi connectivity index (χ4v) is 3.28. The predicted molar refractivity (Wildman–Crippen MR) is 91.0 cm³/mol. The molecule has 0 saturated heterocycles. The molecule has 0 unspecified atom stereocenters. The van der Waals surface area contributed by atoms with E-state index in [9.17, 15) is 14.0 Å². The number of rotatable bonds is 5. The molecule has 1 saturated carbocycles. The number of esters is 1. The van der Waals surface area contributed by atoms with Crippen LogP contribution in [0.4, 0.5) is 4.39 Å². The number of oxazole rings is 1. The summed E-state index contributed by atoms with van der Waals surface area (Å²) in [5, 5.41) is 0. The number of hydrogen-bond donors (Lipinski definition) is 0. The summed E-state index contributed by atoms with van der Waals surface area (Å²) in [4.78, 5) is 30.2. The van der Waals surface area contributed by atoms with Crippen molar-refractivity contribution in [1.82, 2.24) is 9.88 Å². The van der Waals surface area contributed by atoms with Crippen LogP contribution in [0.15, 0.2) is 34.9 Å². The molecule has 7 heteroatoms. The zero-order valence-electron chi connectivity index (χ0n) is 14.6. The van der Waals surface area contributed by atoms with Crippen molar-refractivity contribution in [2.45, 2.75) is 44.7 Å². The monoisotopic (exact) mass is 360 g/mol. The van der Waals surface area contributed by atoms with Crippen LogP contribution < -0.4 is 0 Å². The summed E-state index contributed by atoms with van der Waals surface area (Å²) in [5.41, 5.74) is 0.0715. The van der Waals surface area contributed by atoms with Crippen molar-refractivity contribution in [2.24, 2.45) is 0 Å². The highest BCUT2D eigenvalue weighted by molar-refractivity contribution is 5.94. The average molecular weight is 360 g/mol. The quantitative estimate of drug-likeness (QED) is 0.762. The number of aromatic nitrogens is 1. The van der Waals surface area contributed by atoms with E-state index in [0.29, 0.717) is 0 Å². The fourth-order valence-electron chi connectivity index (χ4n) is 3.28. The molecule has 0 radical (unpaired) electrons. The van der Waals surface area contributed by atoms with Gasteiger partial charge in [-0.05, 0) is 25.0 Å². The fraction of sp³-hybridized carbons (Fsp3) is 0.421. The molecule has 1 aliphatic rings. The molecule has 1 aliphatic carbocycles. The van der Waals surface area contributed by atoms with Crippen molar-refractivity contribution in [2.75, 3.05) is 7.11 Å². The van der Waals surface area contributed by atoms with Gasteiger partial charge in [-0.25, -0.2) is 14.2 Å². The van der Waals surface area contributed by atoms with Gasteiger partial charge < -0.3 is 14.1 Å². The van der Waals surface area contributed by atoms with Gasteiger partial charge in [0, 0.05) is 6.04 Å². The maximum Gasteiger partial charge on any atom is 0.360 e. The smallest absolute Gasteiger partial charge is 0.360 e. The Hall–Kier alpha value is -2.70. The average Bonchev–Trinajstić information content (AvgIpc) is 3.15. The molecule has 0 bridgehead atoms. The summed E-state index contributed by atoms with van der Waals surface area (Å²) < 4.78 is 24.1. The van der Waals surface area contributed by atoms with Gasteiger partial charge in [-0.2, -0.15) is 0 Å². The van der Waals surface area contributed by atoms with E-state index in [4.69, 9.17) is 4.42 Å². The van der Waals surface area contributed by atoms with Crippen LogP contribution in [-0.2, 0) is 11.3 Å². The third-order valence-corrected chi connectivity index (χ3v) is 4.63. The topological polar surface area (TPSA) is 72.6 Å². The predicted octanol–water partition coefficient (Wildman–Crippen LogP) is 3.58. The summed E-state index contributed by atoms with van der Waals surface area (Å²) in [6.07, 6.45) is 6.07. The van der Waals surface area contributed by atoms with Crippen LogP contribution in [0.2, 0.25) is 0 Å². The first kappa shape index (κ1) is 18.1. The lowest BCUT2D eigenvalue weighted by Gasteiger charge is -2.33. The van der Waals surface area contributed by atoms with Gasteiger partial charge in [-0.3, -0.25) is 4.79 Å². The maximum atomic E-state index is 14.1. The standard InChI is InChI=1S/C19H21FN2O4/c1-25-19(24)16-12-26-17(21-16)11-22(13-7-3-2-4-8-13)18(23)14-9-5-6-10-15(14)20/h5-6,9-10,12-13H,2-4,7-8,11H2,1H3. The van der Waals surface area contributed by atoms with E-state index >= 15 is 0 Å². The first-order valence-corrected chi connectivity index (χ1v) is 8.68. The van der Waals surface area contributed by atoms with Crippen LogP contribution in [-0.4, -0.2) is 34.9 Å². The maximum absolute atomic E-state index is 14.1. The summed E-state index contributed by atoms with van der Waals surface area (Å²) in [7, 11) is 1.26. The molecule has 2 aromatic rings. The molecule has 0 aliphatic heterocycles. The largest absolute Gasteiger partial charge is 0.464 e. The minimum absolute atomic E-state index is 0.00988. The lowest BCUT2D eigenvalue weighted by atomic mass is 9.93. The number of halogens is 1. The van der Waals surface area contributed by atoms with E-state index in [1.54, 1.807) is 17.0 Å². The van der Waals surface area contributed by atoms with Crippen molar-refractivity contribution in [3.63, 3.8) is 0 Å². The Morgan fingerprint density at radius 3 is 2.69 bits per heavy atom. The van der Waals surface area contributed by atoms with Gasteiger partial charge in [0.05, 0.1) is 19.2 Å². The Bertz CT molecular complexity index is 783. The minimum Gasteiger partial charge on any atom is -0.464 e. The molecule has 1 aromatic heterocycles. The normalized spacial score (nSPS) is 14.8. The molecule has 0 N–H and O–H groups in total. The zero-order chi connectivity index (χ0) is 18.5. The molecule has 0 spiro atoms. The van der Waals surface area contributed by atoms with Crippen LogP contribution in [0, 0.1) is 5.82 Å². The Balaban J connectivity index is 1.86. The lowest BCUT2D eigenvalue weighted by Crippen LogP contribution is -2.41. The Morgan fingerprint density at radius 1 is 1.27 bits per heavy atom. The van der Waals surface area contributed by atoms with Gasteiger partial charge in [0.2, 0.25) is 5.89 Å². The molecule has 26 heavy (non-hydrogen) atoms. The van der Waals surface area contributed by atoms with E-state index in [1.807, 2.05) is 0 Å². The number of nitrogens with zero attached hydrogens (tertiary/aromatic N) is 2. The van der Waals surface area contributed by atoms with Gasteiger partial charge in [0.1, 0.15) is 12.1 Å². The summed E-state index contributed by atoms with van der Waals surface area (Å²) in [5.74, 6) is -1.33. The van der Waals surface area contributed by atoms with Crippen LogP contribution in [0.3, 0.4) is 0 Å². The number of carbonyl (C=O) groups is 2. The molecular formula is C19H21FN2O4. The van der Waals surface area contributed by atoms with Crippen molar-refractivity contribution < 1.29 is 23.1 Å². The highest BCUT2D eigenvalue weighted by Crippen LogP contribution is 2.26. The molecule has 0 atom stereocenters.